The first kappa shape index (κ1) is 29.2. The highest BCUT2D eigenvalue weighted by molar-refractivity contribution is 4.63. The molecule has 0 saturated carbocycles. The molecule has 0 bridgehead atoms. The second-order valence-electron chi connectivity index (χ2n) is 2.08. The smallest absolute Gasteiger partial charge is 0.0356 e. The first-order valence-corrected chi connectivity index (χ1v) is 5.94. The minimum absolute atomic E-state index is 1.15. The van der Waals surface area contributed by atoms with E-state index < -0.39 is 0 Å². The van der Waals surface area contributed by atoms with E-state index in [1.54, 1.807) is 0 Å². The van der Waals surface area contributed by atoms with Crippen LogP contribution in [-0.2, 0) is 0 Å². The zero-order chi connectivity index (χ0) is 13.5. The molecule has 0 spiro atoms. The number of allylic oxidation sites excluding steroid dienone is 1. The van der Waals surface area contributed by atoms with E-state index >= 15 is 0 Å². The summed E-state index contributed by atoms with van der Waals surface area (Å²) >= 11 is 0. The van der Waals surface area contributed by atoms with Crippen LogP contribution in [0.2, 0.25) is 0 Å². The molecule has 0 saturated heterocycles. The van der Waals surface area contributed by atoms with Crippen molar-refractivity contribution in [1.82, 2.24) is 0 Å². The molecule has 0 aliphatic carbocycles. The molecule has 0 aromatic heterocycles. The minimum Gasteiger partial charge on any atom is -0.106 e. The summed E-state index contributed by atoms with van der Waals surface area (Å²) in [6.45, 7) is 26.1. The lowest BCUT2D eigenvalue weighted by molar-refractivity contribution is 0.886. The Morgan fingerprint density at radius 3 is 1.00 bits per heavy atom. The van der Waals surface area contributed by atoms with Crippen LogP contribution in [0, 0.1) is 0 Å². The Labute approximate surface area is 99.8 Å². The van der Waals surface area contributed by atoms with Gasteiger partial charge in [0.15, 0.2) is 0 Å². The van der Waals surface area contributed by atoms with Crippen molar-refractivity contribution in [3.63, 3.8) is 0 Å². The molecule has 0 N–H and O–H groups in total. The molecule has 0 atom stereocenters. The molecule has 0 aliphatic heterocycles. The van der Waals surface area contributed by atoms with Gasteiger partial charge in [-0.2, -0.15) is 0 Å². The quantitative estimate of drug-likeness (QED) is 0.476. The highest BCUT2D eigenvalue weighted by Crippen LogP contribution is 1.82. The predicted octanol–water partition coefficient (Wildman–Crippen LogP) is 6.41. The Morgan fingerprint density at radius 1 is 0.733 bits per heavy atom. The van der Waals surface area contributed by atoms with E-state index in [0.717, 1.165) is 6.42 Å². The minimum atomic E-state index is 1.15. The van der Waals surface area contributed by atoms with Crippen molar-refractivity contribution in [1.29, 1.82) is 0 Å². The number of rotatable bonds is 3. The lowest BCUT2D eigenvalue weighted by Gasteiger charge is -1.72. The van der Waals surface area contributed by atoms with Gasteiger partial charge < -0.3 is 0 Å². The Hall–Kier alpha value is -0.780. The van der Waals surface area contributed by atoms with Gasteiger partial charge >= 0.3 is 0 Å². The monoisotopic (exact) mass is 214 g/mol. The first-order valence-electron chi connectivity index (χ1n) is 5.94. The molecule has 0 aromatic rings. The van der Waals surface area contributed by atoms with Gasteiger partial charge in [-0.1, -0.05) is 60.0 Å². The van der Waals surface area contributed by atoms with Crippen LogP contribution in [0.3, 0.4) is 0 Å². The third-order valence-corrected chi connectivity index (χ3v) is 0.993. The van der Waals surface area contributed by atoms with E-state index in [0.29, 0.717) is 0 Å². The fourth-order valence-corrected chi connectivity index (χ4v) is 0.204. The lowest BCUT2D eigenvalue weighted by atomic mass is 10.3. The fraction of sp³-hybridized carbons (Fsp3) is 0.600. The predicted molar refractivity (Wildman–Crippen MR) is 79.5 cm³/mol. The van der Waals surface area contributed by atoms with Gasteiger partial charge in [0.05, 0.1) is 0 Å². The lowest BCUT2D eigenvalue weighted by Crippen LogP contribution is -1.52. The van der Waals surface area contributed by atoms with Crippen LogP contribution in [-0.4, -0.2) is 0 Å². The molecule has 0 heteroatoms. The summed E-state index contributed by atoms with van der Waals surface area (Å²) in [6.07, 6.45) is 6.95. The van der Waals surface area contributed by atoms with Gasteiger partial charge in [-0.15, -0.1) is 32.9 Å². The van der Waals surface area contributed by atoms with E-state index in [2.05, 4.69) is 53.7 Å². The van der Waals surface area contributed by atoms with Gasteiger partial charge in [0.25, 0.3) is 0 Å². The summed E-state index contributed by atoms with van der Waals surface area (Å²) in [7, 11) is 0. The molecule has 0 rings (SSSR count). The van der Waals surface area contributed by atoms with Gasteiger partial charge in [0.2, 0.25) is 0 Å². The second kappa shape index (κ2) is 111. The van der Waals surface area contributed by atoms with Gasteiger partial charge in [-0.3, -0.25) is 0 Å². The number of hydrogen-bond acceptors (Lipinski definition) is 0. The summed E-state index contributed by atoms with van der Waals surface area (Å²) in [5.74, 6) is 0. The second-order valence-corrected chi connectivity index (χ2v) is 2.08. The van der Waals surface area contributed by atoms with E-state index in [-0.39, 0.29) is 0 Å². The molecule has 0 radical (unpaired) electrons. The molecule has 0 nitrogen and oxygen atoms in total. The molecular weight excluding hydrogens is 180 g/mol. The third kappa shape index (κ3) is 338. The van der Waals surface area contributed by atoms with Crippen LogP contribution >= 0.6 is 0 Å². The van der Waals surface area contributed by atoms with Crippen molar-refractivity contribution in [2.24, 2.45) is 0 Å². The summed E-state index contributed by atoms with van der Waals surface area (Å²) in [4.78, 5) is 0. The summed E-state index contributed by atoms with van der Waals surface area (Å²) in [5, 5.41) is 0. The normalized spacial score (nSPS) is 5.40. The molecule has 0 heterocycles. The largest absolute Gasteiger partial charge is 0.106 e. The molecule has 15 heavy (non-hydrogen) atoms. The van der Waals surface area contributed by atoms with Crippen LogP contribution in [0.25, 0.3) is 0 Å². The van der Waals surface area contributed by atoms with E-state index in [1.165, 1.54) is 19.3 Å². The van der Waals surface area contributed by atoms with Crippen molar-refractivity contribution >= 4 is 0 Å². The maximum absolute atomic E-state index is 3.55. The maximum Gasteiger partial charge on any atom is -0.0356 e. The average Bonchev–Trinajstić information content (AvgIpc) is 2.38. The van der Waals surface area contributed by atoms with Crippen molar-refractivity contribution < 1.29 is 0 Å². The first-order chi connectivity index (χ1) is 7.33. The van der Waals surface area contributed by atoms with Crippen LogP contribution in [0.4, 0.5) is 0 Å². The summed E-state index contributed by atoms with van der Waals surface area (Å²) in [6, 6.07) is 0. The summed E-state index contributed by atoms with van der Waals surface area (Å²) < 4.78 is 0. The molecule has 0 unspecified atom stereocenters. The molecular formula is C15H34. The van der Waals surface area contributed by atoms with E-state index in [4.69, 9.17) is 0 Å². The molecule has 0 aromatic carbocycles. The van der Waals surface area contributed by atoms with Gasteiger partial charge in [0, 0.05) is 0 Å². The van der Waals surface area contributed by atoms with Crippen molar-refractivity contribution in [3.8, 4) is 0 Å². The number of hydrogen-bond donors (Lipinski definition) is 0. The van der Waals surface area contributed by atoms with Crippen LogP contribution in [0.15, 0.2) is 39.0 Å². The SMILES string of the molecule is C=C.C=C.C=CCCC.CC.CCCC. The molecule has 94 valence electrons. The Kier molecular flexibility index (Phi) is 216. The summed E-state index contributed by atoms with van der Waals surface area (Å²) in [5.41, 5.74) is 0. The Bertz CT molecular complexity index is 51.1. The van der Waals surface area contributed by atoms with E-state index in [9.17, 15) is 0 Å². The fourth-order valence-electron chi connectivity index (χ4n) is 0.204. The standard InChI is InChI=1S/C5H10.C4H10.C2H6.2C2H4/c1-3-5-4-2;1-3-4-2;3*1-2/h3H,1,4-5H2,2H3;3-4H2,1-2H3;1-2H3;2*1-2H2. The van der Waals surface area contributed by atoms with Crippen LogP contribution < -0.4 is 0 Å². The van der Waals surface area contributed by atoms with Gasteiger partial charge in [0.1, 0.15) is 0 Å². The van der Waals surface area contributed by atoms with Crippen molar-refractivity contribution in [2.75, 3.05) is 0 Å². The molecule has 0 fully saturated rings. The van der Waals surface area contributed by atoms with Crippen molar-refractivity contribution in [3.05, 3.63) is 39.0 Å². The van der Waals surface area contributed by atoms with E-state index in [1.807, 2.05) is 19.9 Å². The average molecular weight is 214 g/mol. The highest BCUT2D eigenvalue weighted by Gasteiger charge is 1.61. The van der Waals surface area contributed by atoms with Gasteiger partial charge in [-0.25, -0.2) is 0 Å². The molecule has 0 aliphatic rings. The Balaban J connectivity index is -0.0000000301. The van der Waals surface area contributed by atoms with Crippen LogP contribution in [0.1, 0.15) is 60.3 Å². The van der Waals surface area contributed by atoms with Crippen molar-refractivity contribution in [2.45, 2.75) is 60.3 Å². The Morgan fingerprint density at radius 2 is 1.00 bits per heavy atom. The van der Waals surface area contributed by atoms with Crippen LogP contribution in [0.5, 0.6) is 0 Å². The topological polar surface area (TPSA) is 0 Å². The maximum atomic E-state index is 3.55. The third-order valence-electron chi connectivity index (χ3n) is 0.993. The zero-order valence-corrected chi connectivity index (χ0v) is 11.9. The zero-order valence-electron chi connectivity index (χ0n) is 11.9. The molecule has 0 amide bonds. The van der Waals surface area contributed by atoms with Gasteiger partial charge in [-0.05, 0) is 6.42 Å². The number of unbranched alkanes of at least 4 members (excludes halogenated alkanes) is 2. The highest BCUT2D eigenvalue weighted by atomic mass is 13.7.